The van der Waals surface area contributed by atoms with E-state index in [1.54, 1.807) is 13.8 Å². The van der Waals surface area contributed by atoms with Crippen LogP contribution in [0.2, 0.25) is 0 Å². The summed E-state index contributed by atoms with van der Waals surface area (Å²) >= 11 is 0. The molecule has 116 valence electrons. The van der Waals surface area contributed by atoms with Crippen LogP contribution in [0.25, 0.3) is 0 Å². The quantitative estimate of drug-likeness (QED) is 0.715. The highest BCUT2D eigenvalue weighted by atomic mass is 35.7. The van der Waals surface area contributed by atoms with Crippen LogP contribution in [0.3, 0.4) is 0 Å². The van der Waals surface area contributed by atoms with Crippen molar-refractivity contribution in [3.05, 3.63) is 0 Å². The third kappa shape index (κ3) is 8.51. The summed E-state index contributed by atoms with van der Waals surface area (Å²) in [7, 11) is -1.75. The van der Waals surface area contributed by atoms with Gasteiger partial charge in [0, 0.05) is 23.5 Å². The maximum Gasteiger partial charge on any atom is 0.232 e. The first kappa shape index (κ1) is 17.4. The minimum Gasteiger partial charge on any atom is -0.229 e. The molecule has 0 fully saturated rings. The van der Waals surface area contributed by atoms with Crippen molar-refractivity contribution in [3.63, 3.8) is 0 Å². The Morgan fingerprint density at radius 2 is 1.25 bits per heavy atom. The van der Waals surface area contributed by atoms with Gasteiger partial charge in [-0.2, -0.15) is 20.5 Å². The molecular formula is C8H16ClN5O4S2. The Hall–Kier alpha value is -0.650. The molecule has 9 nitrogen and oxygen atoms in total. The van der Waals surface area contributed by atoms with Crippen molar-refractivity contribution in [2.24, 2.45) is 25.6 Å². The number of sulfonamides is 1. The van der Waals surface area contributed by atoms with Gasteiger partial charge in [-0.25, -0.2) is 22.0 Å². The molecule has 0 spiro atoms. The molecule has 0 aliphatic carbocycles. The first-order valence-corrected chi connectivity index (χ1v) is 9.83. The summed E-state index contributed by atoms with van der Waals surface area (Å²) in [6.45, 7) is 3.52. The molecule has 0 aromatic rings. The van der Waals surface area contributed by atoms with Gasteiger partial charge in [0.2, 0.25) is 19.1 Å². The second-order valence-electron chi connectivity index (χ2n) is 4.94. The number of nitrogens with two attached hydrogens (primary N) is 1. The van der Waals surface area contributed by atoms with Crippen LogP contribution in [0.15, 0.2) is 20.5 Å². The molecule has 2 N–H and O–H groups in total. The zero-order valence-electron chi connectivity index (χ0n) is 11.0. The van der Waals surface area contributed by atoms with Crippen LogP contribution in [-0.4, -0.2) is 39.7 Å². The predicted molar refractivity (Wildman–Crippen MR) is 73.4 cm³/mol. The van der Waals surface area contributed by atoms with E-state index in [0.29, 0.717) is 12.8 Å². The SMILES string of the molecule is CC1(CCS(=O)(=O)Cl)N=N1.CC1(CCS(N)(=O)=O)N=N1. The van der Waals surface area contributed by atoms with Crippen LogP contribution >= 0.6 is 10.7 Å². The lowest BCUT2D eigenvalue weighted by Gasteiger charge is -1.99. The summed E-state index contributed by atoms with van der Waals surface area (Å²) in [6, 6.07) is 0. The van der Waals surface area contributed by atoms with E-state index < -0.39 is 30.4 Å². The van der Waals surface area contributed by atoms with Gasteiger partial charge >= 0.3 is 0 Å². The Labute approximate surface area is 122 Å². The minimum atomic E-state index is -3.37. The van der Waals surface area contributed by atoms with E-state index >= 15 is 0 Å². The van der Waals surface area contributed by atoms with E-state index in [-0.39, 0.29) is 11.5 Å². The summed E-state index contributed by atoms with van der Waals surface area (Å²) in [5.74, 6) is -0.103. The fourth-order valence-electron chi connectivity index (χ4n) is 1.02. The van der Waals surface area contributed by atoms with E-state index in [0.717, 1.165) is 0 Å². The Morgan fingerprint density at radius 1 is 0.900 bits per heavy atom. The lowest BCUT2D eigenvalue weighted by molar-refractivity contribution is 0.579. The monoisotopic (exact) mass is 345 g/mol. The molecule has 2 rings (SSSR count). The standard InChI is InChI=1S/C4H7ClN2O2S.C4H9N3O2S/c2*1-4(6-7-4)2-3-10(5,8)9/h2-3H2,1H3;2-3H2,1H3,(H2,5,8,9). The predicted octanol–water partition coefficient (Wildman–Crippen LogP) is 0.974. The molecule has 0 saturated carbocycles. The summed E-state index contributed by atoms with van der Waals surface area (Å²) < 4.78 is 41.6. The molecule has 0 unspecified atom stereocenters. The van der Waals surface area contributed by atoms with Crippen molar-refractivity contribution in [2.75, 3.05) is 11.5 Å². The summed E-state index contributed by atoms with van der Waals surface area (Å²) in [5.41, 5.74) is -0.908. The molecule has 0 aromatic heterocycles. The minimum absolute atomic E-state index is 0.0451. The van der Waals surface area contributed by atoms with Gasteiger partial charge in [-0.3, -0.25) is 0 Å². The van der Waals surface area contributed by atoms with Gasteiger partial charge in [-0.05, 0) is 13.8 Å². The highest BCUT2D eigenvalue weighted by Crippen LogP contribution is 2.31. The smallest absolute Gasteiger partial charge is 0.229 e. The topological polar surface area (TPSA) is 144 Å². The van der Waals surface area contributed by atoms with E-state index in [2.05, 4.69) is 20.5 Å². The average molecular weight is 346 g/mol. The van der Waals surface area contributed by atoms with Crippen molar-refractivity contribution in [1.29, 1.82) is 0 Å². The van der Waals surface area contributed by atoms with Gasteiger partial charge < -0.3 is 0 Å². The first-order valence-electron chi connectivity index (χ1n) is 5.64. The number of halogens is 1. The molecule has 2 heterocycles. The Balaban J connectivity index is 0.000000200. The van der Waals surface area contributed by atoms with Crippen LogP contribution in [-0.2, 0) is 19.1 Å². The molecule has 0 aromatic carbocycles. The lowest BCUT2D eigenvalue weighted by atomic mass is 10.2. The average Bonchev–Trinajstić information content (AvgIpc) is 3.15. The Morgan fingerprint density at radius 3 is 1.50 bits per heavy atom. The molecule has 0 amide bonds. The van der Waals surface area contributed by atoms with Gasteiger partial charge in [-0.15, -0.1) is 0 Å². The lowest BCUT2D eigenvalue weighted by Crippen LogP contribution is -2.20. The maximum absolute atomic E-state index is 10.4. The zero-order valence-corrected chi connectivity index (χ0v) is 13.4. The molecule has 2 aliphatic rings. The van der Waals surface area contributed by atoms with Crippen LogP contribution in [0.4, 0.5) is 0 Å². The molecule has 2 aliphatic heterocycles. The Bertz CT molecular complexity index is 559. The van der Waals surface area contributed by atoms with Crippen LogP contribution in [0.1, 0.15) is 26.7 Å². The highest BCUT2D eigenvalue weighted by Gasteiger charge is 2.35. The number of nitrogens with zero attached hydrogens (tertiary/aromatic N) is 4. The van der Waals surface area contributed by atoms with E-state index in [1.807, 2.05) is 0 Å². The van der Waals surface area contributed by atoms with Crippen LogP contribution < -0.4 is 5.14 Å². The molecule has 0 bridgehead atoms. The van der Waals surface area contributed by atoms with Gasteiger partial charge in [0.25, 0.3) is 0 Å². The largest absolute Gasteiger partial charge is 0.232 e. The molecular weight excluding hydrogens is 330 g/mol. The van der Waals surface area contributed by atoms with Crippen molar-refractivity contribution < 1.29 is 16.8 Å². The van der Waals surface area contributed by atoms with E-state index in [9.17, 15) is 16.8 Å². The second kappa shape index (κ2) is 5.62. The number of primary sulfonamides is 1. The van der Waals surface area contributed by atoms with Crippen molar-refractivity contribution in [3.8, 4) is 0 Å². The van der Waals surface area contributed by atoms with Crippen molar-refractivity contribution in [2.45, 2.75) is 38.0 Å². The molecule has 0 saturated heterocycles. The zero-order chi connectivity index (χ0) is 15.7. The molecule has 12 heteroatoms. The molecule has 0 atom stereocenters. The maximum atomic E-state index is 10.4. The van der Waals surface area contributed by atoms with Crippen LogP contribution in [0.5, 0.6) is 0 Å². The van der Waals surface area contributed by atoms with E-state index in [1.165, 1.54) is 0 Å². The number of hydrogen-bond acceptors (Lipinski definition) is 8. The normalized spacial score (nSPS) is 21.0. The second-order valence-corrected chi connectivity index (χ2v) is 9.57. The highest BCUT2D eigenvalue weighted by molar-refractivity contribution is 8.13. The van der Waals surface area contributed by atoms with E-state index in [4.69, 9.17) is 15.8 Å². The van der Waals surface area contributed by atoms with Gasteiger partial charge in [0.05, 0.1) is 11.5 Å². The number of hydrogen-bond donors (Lipinski definition) is 1. The third-order valence-corrected chi connectivity index (χ3v) is 4.49. The fourth-order valence-corrected chi connectivity index (χ4v) is 2.55. The number of rotatable bonds is 6. The summed E-state index contributed by atoms with van der Waals surface area (Å²) in [6.07, 6.45) is 0.782. The fraction of sp³-hybridized carbons (Fsp3) is 1.00. The molecule has 20 heavy (non-hydrogen) atoms. The van der Waals surface area contributed by atoms with Gasteiger partial charge in [0.1, 0.15) is 0 Å². The van der Waals surface area contributed by atoms with Crippen LogP contribution in [0, 0.1) is 0 Å². The van der Waals surface area contributed by atoms with Crippen molar-refractivity contribution in [1.82, 2.24) is 0 Å². The molecule has 0 radical (unpaired) electrons. The Kier molecular flexibility index (Phi) is 4.89. The van der Waals surface area contributed by atoms with Gasteiger partial charge in [-0.1, -0.05) is 0 Å². The summed E-state index contributed by atoms with van der Waals surface area (Å²) in [4.78, 5) is 0. The van der Waals surface area contributed by atoms with Crippen molar-refractivity contribution >= 4 is 29.8 Å². The summed E-state index contributed by atoms with van der Waals surface area (Å²) in [5, 5.41) is 19.3. The first-order chi connectivity index (χ1) is 8.83. The van der Waals surface area contributed by atoms with Gasteiger partial charge in [0.15, 0.2) is 11.3 Å². The third-order valence-electron chi connectivity index (χ3n) is 2.56.